The van der Waals surface area contributed by atoms with Crippen LogP contribution in [0.3, 0.4) is 0 Å². The number of urea groups is 1. The van der Waals surface area contributed by atoms with Crippen molar-refractivity contribution in [3.8, 4) is 17.2 Å². The highest BCUT2D eigenvalue weighted by Crippen LogP contribution is 2.35. The highest BCUT2D eigenvalue weighted by Gasteiger charge is 2.13. The zero-order valence-electron chi connectivity index (χ0n) is 17.4. The summed E-state index contributed by atoms with van der Waals surface area (Å²) in [5.74, 6) is 2.93. The van der Waals surface area contributed by atoms with Crippen LogP contribution in [0.15, 0.2) is 60.8 Å². The zero-order chi connectivity index (χ0) is 21.6. The van der Waals surface area contributed by atoms with Crippen LogP contribution in [0.2, 0.25) is 0 Å². The van der Waals surface area contributed by atoms with Gasteiger partial charge in [-0.15, -0.1) is 0 Å². The van der Waals surface area contributed by atoms with E-state index in [0.717, 1.165) is 16.9 Å². The zero-order valence-corrected chi connectivity index (χ0v) is 17.4. The number of anilines is 2. The topological polar surface area (TPSA) is 85.0 Å². The quantitative estimate of drug-likeness (QED) is 0.605. The first-order valence-electron chi connectivity index (χ1n) is 9.85. The van der Waals surface area contributed by atoms with Crippen LogP contribution >= 0.6 is 0 Å². The third-order valence-corrected chi connectivity index (χ3v) is 4.66. The summed E-state index contributed by atoms with van der Waals surface area (Å²) in [4.78, 5) is 18.5. The number of nitrogens with zero attached hydrogens (tertiary/aromatic N) is 2. The molecule has 0 saturated carbocycles. The fourth-order valence-electron chi connectivity index (χ4n) is 3.04. The van der Waals surface area contributed by atoms with Crippen molar-refractivity contribution < 1.29 is 19.0 Å². The summed E-state index contributed by atoms with van der Waals surface area (Å²) in [7, 11) is 3.85. The maximum absolute atomic E-state index is 12.3. The van der Waals surface area contributed by atoms with Gasteiger partial charge >= 0.3 is 6.03 Å². The van der Waals surface area contributed by atoms with Crippen LogP contribution in [0.4, 0.5) is 16.3 Å². The number of nitrogens with one attached hydrogen (secondary N) is 2. The number of fused-ring (bicyclic) bond motifs is 1. The Balaban J connectivity index is 1.29. The summed E-state index contributed by atoms with van der Waals surface area (Å²) >= 11 is 0. The summed E-state index contributed by atoms with van der Waals surface area (Å²) in [5.41, 5.74) is 2.59. The van der Waals surface area contributed by atoms with Gasteiger partial charge in [0.1, 0.15) is 18.2 Å². The molecule has 1 aliphatic rings. The molecule has 4 rings (SSSR count). The minimum absolute atomic E-state index is 0.229. The summed E-state index contributed by atoms with van der Waals surface area (Å²) in [6.07, 6.45) is 1.73. The molecule has 0 aliphatic carbocycles. The van der Waals surface area contributed by atoms with Crippen LogP contribution in [-0.2, 0) is 13.2 Å². The smallest absolute Gasteiger partial charge is 0.319 e. The van der Waals surface area contributed by atoms with Gasteiger partial charge in [-0.05, 0) is 47.5 Å². The number of rotatable bonds is 7. The van der Waals surface area contributed by atoms with Crippen molar-refractivity contribution in [2.45, 2.75) is 13.2 Å². The van der Waals surface area contributed by atoms with Crippen LogP contribution in [-0.4, -0.2) is 31.9 Å². The van der Waals surface area contributed by atoms with E-state index in [9.17, 15) is 4.79 Å². The molecule has 0 saturated heterocycles. The molecule has 2 amide bonds. The Bertz CT molecular complexity index is 1070. The van der Waals surface area contributed by atoms with E-state index in [1.807, 2.05) is 67.5 Å². The second kappa shape index (κ2) is 9.25. The molecule has 1 aliphatic heterocycles. The van der Waals surface area contributed by atoms with Gasteiger partial charge in [0.2, 0.25) is 6.79 Å². The van der Waals surface area contributed by atoms with E-state index in [4.69, 9.17) is 14.2 Å². The summed E-state index contributed by atoms with van der Waals surface area (Å²) in [6, 6.07) is 16.5. The molecule has 1 aromatic heterocycles. The van der Waals surface area contributed by atoms with E-state index < -0.39 is 0 Å². The first kappa shape index (κ1) is 20.3. The molecule has 0 atom stereocenters. The van der Waals surface area contributed by atoms with Gasteiger partial charge in [0, 0.05) is 38.6 Å². The van der Waals surface area contributed by atoms with Gasteiger partial charge in [-0.1, -0.05) is 12.1 Å². The van der Waals surface area contributed by atoms with E-state index in [1.54, 1.807) is 12.3 Å². The minimum Gasteiger partial charge on any atom is -0.489 e. The molecule has 0 radical (unpaired) electrons. The lowest BCUT2D eigenvalue weighted by Gasteiger charge is -2.13. The van der Waals surface area contributed by atoms with E-state index in [-0.39, 0.29) is 12.8 Å². The Morgan fingerprint density at radius 2 is 1.94 bits per heavy atom. The van der Waals surface area contributed by atoms with E-state index in [1.165, 1.54) is 0 Å². The number of carbonyl (C=O) groups is 1. The Morgan fingerprint density at radius 1 is 1.06 bits per heavy atom. The van der Waals surface area contributed by atoms with Crippen molar-refractivity contribution in [2.75, 3.05) is 31.1 Å². The fraction of sp³-hybridized carbons (Fsp3) is 0.217. The second-order valence-electron chi connectivity index (χ2n) is 7.23. The molecule has 3 aromatic rings. The van der Waals surface area contributed by atoms with Crippen molar-refractivity contribution in [3.63, 3.8) is 0 Å². The van der Waals surface area contributed by atoms with Gasteiger partial charge in [0.15, 0.2) is 11.5 Å². The molecule has 2 heterocycles. The van der Waals surface area contributed by atoms with Crippen molar-refractivity contribution in [3.05, 3.63) is 71.9 Å². The molecule has 0 bridgehead atoms. The van der Waals surface area contributed by atoms with Crippen LogP contribution in [0.5, 0.6) is 17.2 Å². The van der Waals surface area contributed by atoms with Crippen LogP contribution in [0, 0.1) is 0 Å². The molecule has 8 nitrogen and oxygen atoms in total. The number of hydrogen-bond acceptors (Lipinski definition) is 6. The fourth-order valence-corrected chi connectivity index (χ4v) is 3.04. The largest absolute Gasteiger partial charge is 0.489 e. The summed E-state index contributed by atoms with van der Waals surface area (Å²) in [5, 5.41) is 5.72. The number of amides is 2. The van der Waals surface area contributed by atoms with Crippen LogP contribution < -0.4 is 29.7 Å². The van der Waals surface area contributed by atoms with Crippen molar-refractivity contribution in [2.24, 2.45) is 0 Å². The molecule has 160 valence electrons. The lowest BCUT2D eigenvalue weighted by Crippen LogP contribution is -2.28. The third kappa shape index (κ3) is 5.36. The minimum atomic E-state index is -0.281. The molecule has 8 heteroatoms. The molecule has 31 heavy (non-hydrogen) atoms. The standard InChI is InChI=1S/C23H24N4O4/c1-27(2)22-11-16(8-9-24-22)13-25-23(28)26-18-5-3-4-17(10-18)14-29-19-6-7-20-21(12-19)31-15-30-20/h3-12H,13-15H2,1-2H3,(H2,25,26,28). The number of pyridine rings is 1. The number of aromatic nitrogens is 1. The number of carbonyl (C=O) groups excluding carboxylic acids is 1. The molecule has 2 N–H and O–H groups in total. The summed E-state index contributed by atoms with van der Waals surface area (Å²) in [6.45, 7) is 0.996. The van der Waals surface area contributed by atoms with Gasteiger partial charge in [-0.3, -0.25) is 0 Å². The predicted molar refractivity (Wildman–Crippen MR) is 118 cm³/mol. The average molecular weight is 420 g/mol. The molecular formula is C23H24N4O4. The Hall–Kier alpha value is -3.94. The van der Waals surface area contributed by atoms with Crippen LogP contribution in [0.25, 0.3) is 0 Å². The first-order valence-corrected chi connectivity index (χ1v) is 9.85. The Morgan fingerprint density at radius 3 is 2.81 bits per heavy atom. The first-order chi connectivity index (χ1) is 15.1. The lowest BCUT2D eigenvalue weighted by atomic mass is 10.2. The SMILES string of the molecule is CN(C)c1cc(CNC(=O)Nc2cccc(COc3ccc4c(c3)OCO4)c2)ccn1. The molecule has 0 unspecified atom stereocenters. The predicted octanol–water partition coefficient (Wildman–Crippen LogP) is 3.78. The van der Waals surface area contributed by atoms with E-state index in [2.05, 4.69) is 15.6 Å². The van der Waals surface area contributed by atoms with Gasteiger partial charge in [-0.2, -0.15) is 0 Å². The second-order valence-corrected chi connectivity index (χ2v) is 7.23. The molecular weight excluding hydrogens is 396 g/mol. The van der Waals surface area contributed by atoms with Gasteiger partial charge in [-0.25, -0.2) is 9.78 Å². The number of benzene rings is 2. The highest BCUT2D eigenvalue weighted by molar-refractivity contribution is 5.89. The maximum Gasteiger partial charge on any atom is 0.319 e. The van der Waals surface area contributed by atoms with Crippen LogP contribution in [0.1, 0.15) is 11.1 Å². The monoisotopic (exact) mass is 420 g/mol. The molecule has 2 aromatic carbocycles. The highest BCUT2D eigenvalue weighted by atomic mass is 16.7. The third-order valence-electron chi connectivity index (χ3n) is 4.66. The van der Waals surface area contributed by atoms with Crippen molar-refractivity contribution >= 4 is 17.5 Å². The molecule has 0 fully saturated rings. The molecule has 0 spiro atoms. The van der Waals surface area contributed by atoms with Gasteiger partial charge in [0.25, 0.3) is 0 Å². The normalized spacial score (nSPS) is 11.7. The van der Waals surface area contributed by atoms with E-state index in [0.29, 0.717) is 36.1 Å². The Kier molecular flexibility index (Phi) is 6.07. The van der Waals surface area contributed by atoms with Gasteiger partial charge in [0.05, 0.1) is 0 Å². The van der Waals surface area contributed by atoms with Crippen molar-refractivity contribution in [1.82, 2.24) is 10.3 Å². The maximum atomic E-state index is 12.3. The average Bonchev–Trinajstić information content (AvgIpc) is 3.25. The number of hydrogen-bond donors (Lipinski definition) is 2. The number of ether oxygens (including phenoxy) is 3. The Labute approximate surface area is 180 Å². The van der Waals surface area contributed by atoms with Crippen molar-refractivity contribution in [1.29, 1.82) is 0 Å². The van der Waals surface area contributed by atoms with E-state index >= 15 is 0 Å². The lowest BCUT2D eigenvalue weighted by molar-refractivity contribution is 0.173. The van der Waals surface area contributed by atoms with Gasteiger partial charge < -0.3 is 29.7 Å². The summed E-state index contributed by atoms with van der Waals surface area (Å²) < 4.78 is 16.5.